The Hall–Kier alpha value is -1.47. The second kappa shape index (κ2) is 4.03. The molecule has 1 unspecified atom stereocenters. The molecule has 96 valence electrons. The van der Waals surface area contributed by atoms with Crippen LogP contribution in [0.4, 0.5) is 4.79 Å². The first-order valence-electron chi connectivity index (χ1n) is 5.87. The molecule has 2 aliphatic heterocycles. The Morgan fingerprint density at radius 3 is 3.00 bits per heavy atom. The average Bonchev–Trinajstić information content (AvgIpc) is 2.99. The molecule has 3 heterocycles. The number of aryl methyl sites for hydroxylation is 1. The third kappa shape index (κ3) is 1.70. The van der Waals surface area contributed by atoms with E-state index in [9.17, 15) is 9.59 Å². The topological polar surface area (TPSA) is 74.3 Å². The van der Waals surface area contributed by atoms with Gasteiger partial charge in [0.2, 0.25) is 0 Å². The van der Waals surface area contributed by atoms with Gasteiger partial charge in [-0.3, -0.25) is 9.69 Å². The fourth-order valence-electron chi connectivity index (χ4n) is 2.44. The molecule has 1 aromatic heterocycles. The van der Waals surface area contributed by atoms with Crippen molar-refractivity contribution in [1.29, 1.82) is 0 Å². The highest BCUT2D eigenvalue weighted by Gasteiger charge is 2.52. The van der Waals surface area contributed by atoms with Crippen molar-refractivity contribution in [3.05, 3.63) is 16.1 Å². The average molecular weight is 266 g/mol. The van der Waals surface area contributed by atoms with Crippen LogP contribution in [-0.2, 0) is 11.3 Å². The van der Waals surface area contributed by atoms with Gasteiger partial charge in [0, 0.05) is 11.9 Å². The van der Waals surface area contributed by atoms with Crippen LogP contribution in [0.25, 0.3) is 0 Å². The maximum Gasteiger partial charge on any atom is 0.325 e. The van der Waals surface area contributed by atoms with Crippen LogP contribution < -0.4 is 10.6 Å². The molecule has 1 spiro atoms. The number of nitrogens with one attached hydrogen (secondary N) is 2. The van der Waals surface area contributed by atoms with Crippen LogP contribution >= 0.6 is 11.3 Å². The van der Waals surface area contributed by atoms with Crippen LogP contribution in [0.5, 0.6) is 0 Å². The van der Waals surface area contributed by atoms with Crippen LogP contribution in [0.15, 0.2) is 5.38 Å². The number of carbonyl (C=O) groups excluding carboxylic acids is 2. The molecular formula is C11H14N4O2S. The van der Waals surface area contributed by atoms with Crippen molar-refractivity contribution in [1.82, 2.24) is 20.5 Å². The fraction of sp³-hybridized carbons (Fsp3) is 0.545. The monoisotopic (exact) mass is 266 g/mol. The first-order valence-corrected chi connectivity index (χ1v) is 6.74. The zero-order chi connectivity index (χ0) is 12.8. The molecule has 0 radical (unpaired) electrons. The maximum absolute atomic E-state index is 12.3. The van der Waals surface area contributed by atoms with Gasteiger partial charge in [-0.2, -0.15) is 0 Å². The molecular weight excluding hydrogens is 252 g/mol. The number of rotatable bonds is 2. The van der Waals surface area contributed by atoms with Gasteiger partial charge in [-0.05, 0) is 19.9 Å². The van der Waals surface area contributed by atoms with Crippen LogP contribution in [-0.4, -0.2) is 40.5 Å². The largest absolute Gasteiger partial charge is 0.325 e. The van der Waals surface area contributed by atoms with Gasteiger partial charge in [0.1, 0.15) is 5.54 Å². The summed E-state index contributed by atoms with van der Waals surface area (Å²) >= 11 is 1.52. The summed E-state index contributed by atoms with van der Waals surface area (Å²) in [6.07, 6.45) is 0.657. The molecule has 6 nitrogen and oxygen atoms in total. The molecule has 3 amide bonds. The Morgan fingerprint density at radius 1 is 1.56 bits per heavy atom. The van der Waals surface area contributed by atoms with E-state index in [-0.39, 0.29) is 18.5 Å². The Labute approximate surface area is 108 Å². The molecule has 1 aromatic rings. The number of nitrogens with zero attached hydrogens (tertiary/aromatic N) is 2. The molecule has 0 aliphatic carbocycles. The van der Waals surface area contributed by atoms with Crippen molar-refractivity contribution in [3.8, 4) is 0 Å². The van der Waals surface area contributed by atoms with Crippen molar-refractivity contribution in [2.24, 2.45) is 0 Å². The molecule has 2 saturated heterocycles. The lowest BCUT2D eigenvalue weighted by atomic mass is 9.99. The van der Waals surface area contributed by atoms with E-state index in [0.29, 0.717) is 13.0 Å². The first-order chi connectivity index (χ1) is 8.61. The van der Waals surface area contributed by atoms with E-state index in [1.165, 1.54) is 16.2 Å². The Morgan fingerprint density at radius 2 is 2.39 bits per heavy atom. The van der Waals surface area contributed by atoms with Gasteiger partial charge >= 0.3 is 6.03 Å². The smallest absolute Gasteiger partial charge is 0.322 e. The number of thiazole rings is 1. The highest BCUT2D eigenvalue weighted by molar-refractivity contribution is 7.09. The second-order valence-electron chi connectivity index (χ2n) is 4.69. The highest BCUT2D eigenvalue weighted by Crippen LogP contribution is 2.25. The number of imide groups is 1. The summed E-state index contributed by atoms with van der Waals surface area (Å²) in [4.78, 5) is 29.8. The SMILES string of the molecule is Cc1nc(CN2C(=O)NC3(CCNC3)C2=O)cs1. The molecule has 1 atom stereocenters. The molecule has 18 heavy (non-hydrogen) atoms. The Balaban J connectivity index is 1.80. The van der Waals surface area contributed by atoms with E-state index in [1.807, 2.05) is 12.3 Å². The normalized spacial score (nSPS) is 27.3. The van der Waals surface area contributed by atoms with Gasteiger partial charge in [-0.25, -0.2) is 9.78 Å². The zero-order valence-electron chi connectivity index (χ0n) is 10.0. The van der Waals surface area contributed by atoms with Crippen LogP contribution in [0.1, 0.15) is 17.1 Å². The van der Waals surface area contributed by atoms with E-state index < -0.39 is 5.54 Å². The van der Waals surface area contributed by atoms with Crippen molar-refractivity contribution in [2.75, 3.05) is 13.1 Å². The van der Waals surface area contributed by atoms with Crippen molar-refractivity contribution >= 4 is 23.3 Å². The van der Waals surface area contributed by atoms with E-state index in [4.69, 9.17) is 0 Å². The van der Waals surface area contributed by atoms with Crippen molar-refractivity contribution in [3.63, 3.8) is 0 Å². The number of urea groups is 1. The summed E-state index contributed by atoms with van der Waals surface area (Å²) in [5.74, 6) is -0.136. The zero-order valence-corrected chi connectivity index (χ0v) is 10.8. The quantitative estimate of drug-likeness (QED) is 0.752. The number of aromatic nitrogens is 1. The van der Waals surface area contributed by atoms with Crippen molar-refractivity contribution in [2.45, 2.75) is 25.4 Å². The van der Waals surface area contributed by atoms with Gasteiger partial charge in [0.15, 0.2) is 0 Å². The van der Waals surface area contributed by atoms with E-state index in [1.54, 1.807) is 0 Å². The highest BCUT2D eigenvalue weighted by atomic mass is 32.1. The summed E-state index contributed by atoms with van der Waals surface area (Å²) in [7, 11) is 0. The third-order valence-corrected chi connectivity index (χ3v) is 4.21. The maximum atomic E-state index is 12.3. The molecule has 7 heteroatoms. The fourth-order valence-corrected chi connectivity index (χ4v) is 3.05. The van der Waals surface area contributed by atoms with Crippen LogP contribution in [0.3, 0.4) is 0 Å². The summed E-state index contributed by atoms with van der Waals surface area (Å²) in [5, 5.41) is 8.75. The lowest BCUT2D eigenvalue weighted by molar-refractivity contribution is -0.131. The molecule has 0 aromatic carbocycles. The molecule has 0 saturated carbocycles. The van der Waals surface area contributed by atoms with Crippen LogP contribution in [0.2, 0.25) is 0 Å². The summed E-state index contributed by atoms with van der Waals surface area (Å²) in [5.41, 5.74) is 0.0475. The first kappa shape index (κ1) is 11.6. The predicted octanol–water partition coefficient (Wildman–Crippen LogP) is 0.235. The second-order valence-corrected chi connectivity index (χ2v) is 5.75. The number of carbonyl (C=O) groups is 2. The molecule has 2 aliphatic rings. The summed E-state index contributed by atoms with van der Waals surface area (Å²) in [6, 6.07) is -0.311. The predicted molar refractivity (Wildman–Crippen MR) is 66.2 cm³/mol. The van der Waals surface area contributed by atoms with Gasteiger partial charge in [-0.15, -0.1) is 11.3 Å². The molecule has 0 bridgehead atoms. The Bertz CT molecular complexity index is 507. The molecule has 2 fully saturated rings. The van der Waals surface area contributed by atoms with Crippen molar-refractivity contribution < 1.29 is 9.59 Å². The van der Waals surface area contributed by atoms with Gasteiger partial charge in [-0.1, -0.05) is 0 Å². The number of amides is 3. The third-order valence-electron chi connectivity index (χ3n) is 3.39. The van der Waals surface area contributed by atoms with E-state index >= 15 is 0 Å². The minimum Gasteiger partial charge on any atom is -0.322 e. The lowest BCUT2D eigenvalue weighted by Crippen LogP contribution is -2.48. The number of hydrogen-bond donors (Lipinski definition) is 2. The summed E-state index contributed by atoms with van der Waals surface area (Å²) < 4.78 is 0. The van der Waals surface area contributed by atoms with Gasteiger partial charge in [0.05, 0.1) is 17.2 Å². The lowest BCUT2D eigenvalue weighted by Gasteiger charge is -2.18. The van der Waals surface area contributed by atoms with Crippen LogP contribution in [0, 0.1) is 6.92 Å². The minimum absolute atomic E-state index is 0.136. The van der Waals surface area contributed by atoms with Gasteiger partial charge < -0.3 is 10.6 Å². The Kier molecular flexibility index (Phi) is 2.60. The van der Waals surface area contributed by atoms with Gasteiger partial charge in [0.25, 0.3) is 5.91 Å². The molecule has 2 N–H and O–H groups in total. The standard InChI is InChI=1S/C11H14N4O2S/c1-7-13-8(5-18-7)4-15-9(16)11(14-10(15)17)2-3-12-6-11/h5,12H,2-4,6H2,1H3,(H,14,17). The van der Waals surface area contributed by atoms with E-state index in [0.717, 1.165) is 17.2 Å². The van der Waals surface area contributed by atoms with E-state index in [2.05, 4.69) is 15.6 Å². The molecule has 3 rings (SSSR count). The minimum atomic E-state index is -0.720. The summed E-state index contributed by atoms with van der Waals surface area (Å²) in [6.45, 7) is 3.44. The number of hydrogen-bond acceptors (Lipinski definition) is 5.